The first kappa shape index (κ1) is 12.6. The van der Waals surface area contributed by atoms with Gasteiger partial charge in [0.25, 0.3) is 0 Å². The van der Waals surface area contributed by atoms with Gasteiger partial charge in [-0.3, -0.25) is 0 Å². The van der Waals surface area contributed by atoms with Crippen molar-refractivity contribution in [2.45, 2.75) is 13.0 Å². The van der Waals surface area contributed by atoms with E-state index in [1.54, 1.807) is 6.07 Å². The molecular weight excluding hydrogens is 231 g/mol. The zero-order valence-electron chi connectivity index (χ0n) is 9.22. The molecule has 1 aromatic rings. The van der Waals surface area contributed by atoms with Crippen LogP contribution in [0.25, 0.3) is 0 Å². The van der Waals surface area contributed by atoms with Crippen molar-refractivity contribution in [1.82, 2.24) is 4.90 Å². The summed E-state index contributed by atoms with van der Waals surface area (Å²) in [7, 11) is 4.11. The molecule has 0 heterocycles. The largest absolute Gasteiger partial charge is 0.383 e. The summed E-state index contributed by atoms with van der Waals surface area (Å²) in [6.45, 7) is 3.04. The maximum absolute atomic E-state index is 5.91. The standard InChI is InChI=1S/C11H16Cl2N2/c1-8(15(2)3)7-14-9-4-5-10(12)11(13)6-9/h4-6,8,14H,7H2,1-3H3. The number of likely N-dealkylation sites (N-methyl/N-ethyl adjacent to an activating group) is 1. The van der Waals surface area contributed by atoms with E-state index in [2.05, 4.69) is 31.2 Å². The van der Waals surface area contributed by atoms with E-state index in [0.29, 0.717) is 16.1 Å². The first-order valence-corrected chi connectivity index (χ1v) is 5.61. The van der Waals surface area contributed by atoms with Crippen LogP contribution in [-0.4, -0.2) is 31.6 Å². The van der Waals surface area contributed by atoms with Gasteiger partial charge >= 0.3 is 0 Å². The fraction of sp³-hybridized carbons (Fsp3) is 0.455. The Bertz CT molecular complexity index is 326. The maximum Gasteiger partial charge on any atom is 0.0612 e. The molecule has 0 fully saturated rings. The van der Waals surface area contributed by atoms with Gasteiger partial charge in [0.05, 0.1) is 10.0 Å². The number of benzene rings is 1. The molecule has 0 aliphatic heterocycles. The summed E-state index contributed by atoms with van der Waals surface area (Å²) in [6, 6.07) is 6.04. The van der Waals surface area contributed by atoms with Crippen LogP contribution in [0.5, 0.6) is 0 Å². The van der Waals surface area contributed by atoms with Crippen LogP contribution in [0.2, 0.25) is 10.0 Å². The van der Waals surface area contributed by atoms with E-state index in [-0.39, 0.29) is 0 Å². The summed E-state index contributed by atoms with van der Waals surface area (Å²) in [5, 5.41) is 4.48. The number of rotatable bonds is 4. The van der Waals surface area contributed by atoms with Gasteiger partial charge in [-0.2, -0.15) is 0 Å². The van der Waals surface area contributed by atoms with E-state index in [0.717, 1.165) is 12.2 Å². The molecule has 0 spiro atoms. The third-order valence-electron chi connectivity index (χ3n) is 2.40. The van der Waals surface area contributed by atoms with Gasteiger partial charge in [0.1, 0.15) is 0 Å². The highest BCUT2D eigenvalue weighted by molar-refractivity contribution is 6.42. The van der Waals surface area contributed by atoms with Crippen LogP contribution < -0.4 is 5.32 Å². The van der Waals surface area contributed by atoms with Crippen molar-refractivity contribution < 1.29 is 0 Å². The van der Waals surface area contributed by atoms with E-state index in [4.69, 9.17) is 23.2 Å². The lowest BCUT2D eigenvalue weighted by molar-refractivity contribution is 0.326. The van der Waals surface area contributed by atoms with Crippen LogP contribution >= 0.6 is 23.2 Å². The molecule has 1 atom stereocenters. The number of anilines is 1. The average molecular weight is 247 g/mol. The molecule has 0 amide bonds. The third kappa shape index (κ3) is 3.90. The fourth-order valence-electron chi connectivity index (χ4n) is 1.05. The maximum atomic E-state index is 5.91. The Labute approximate surface area is 101 Å². The summed E-state index contributed by atoms with van der Waals surface area (Å²) in [6.07, 6.45) is 0. The van der Waals surface area contributed by atoms with Crippen LogP contribution in [0.3, 0.4) is 0 Å². The lowest BCUT2D eigenvalue weighted by atomic mass is 10.2. The van der Waals surface area contributed by atoms with Crippen molar-refractivity contribution in [2.75, 3.05) is 26.0 Å². The second-order valence-corrected chi connectivity index (χ2v) is 4.64. The Morgan fingerprint density at radius 1 is 1.27 bits per heavy atom. The molecule has 0 aliphatic carbocycles. The molecule has 1 N–H and O–H groups in total. The molecule has 0 saturated heterocycles. The average Bonchev–Trinajstić information content (AvgIpc) is 2.19. The lowest BCUT2D eigenvalue weighted by Gasteiger charge is -2.20. The van der Waals surface area contributed by atoms with Crippen LogP contribution in [-0.2, 0) is 0 Å². The molecule has 84 valence electrons. The Hall–Kier alpha value is -0.440. The van der Waals surface area contributed by atoms with Gasteiger partial charge in [0.15, 0.2) is 0 Å². The minimum atomic E-state index is 0.472. The van der Waals surface area contributed by atoms with Crippen molar-refractivity contribution in [3.63, 3.8) is 0 Å². The lowest BCUT2D eigenvalue weighted by Crippen LogP contribution is -2.31. The number of halogens is 2. The molecule has 0 radical (unpaired) electrons. The van der Waals surface area contributed by atoms with Gasteiger partial charge in [-0.1, -0.05) is 23.2 Å². The molecule has 0 bridgehead atoms. The van der Waals surface area contributed by atoms with Gasteiger partial charge in [-0.15, -0.1) is 0 Å². The summed E-state index contributed by atoms with van der Waals surface area (Å²) in [5.41, 5.74) is 0.998. The molecule has 2 nitrogen and oxygen atoms in total. The molecular formula is C11H16Cl2N2. The van der Waals surface area contributed by atoms with E-state index in [9.17, 15) is 0 Å². The Kier molecular flexibility index (Phi) is 4.71. The zero-order chi connectivity index (χ0) is 11.4. The number of hydrogen-bond donors (Lipinski definition) is 1. The third-order valence-corrected chi connectivity index (χ3v) is 3.14. The topological polar surface area (TPSA) is 15.3 Å². The zero-order valence-corrected chi connectivity index (χ0v) is 10.7. The van der Waals surface area contributed by atoms with Crippen molar-refractivity contribution in [3.05, 3.63) is 28.2 Å². The van der Waals surface area contributed by atoms with Crippen LogP contribution in [0.15, 0.2) is 18.2 Å². The molecule has 1 aromatic carbocycles. The Balaban J connectivity index is 2.55. The van der Waals surface area contributed by atoms with E-state index in [1.165, 1.54) is 0 Å². The SMILES string of the molecule is CC(CNc1ccc(Cl)c(Cl)c1)N(C)C. The quantitative estimate of drug-likeness (QED) is 0.877. The first-order chi connectivity index (χ1) is 7.00. The molecule has 0 aliphatic rings. The molecule has 0 aromatic heterocycles. The molecule has 1 unspecified atom stereocenters. The Morgan fingerprint density at radius 3 is 2.47 bits per heavy atom. The molecule has 15 heavy (non-hydrogen) atoms. The normalized spacial score (nSPS) is 12.9. The highest BCUT2D eigenvalue weighted by Crippen LogP contribution is 2.24. The van der Waals surface area contributed by atoms with Crippen molar-refractivity contribution >= 4 is 28.9 Å². The predicted octanol–water partition coefficient (Wildman–Crippen LogP) is 3.36. The summed E-state index contributed by atoms with van der Waals surface area (Å²) >= 11 is 11.7. The van der Waals surface area contributed by atoms with Gasteiger partial charge < -0.3 is 10.2 Å². The van der Waals surface area contributed by atoms with Crippen molar-refractivity contribution in [2.24, 2.45) is 0 Å². The first-order valence-electron chi connectivity index (χ1n) is 4.86. The minimum Gasteiger partial charge on any atom is -0.383 e. The monoisotopic (exact) mass is 246 g/mol. The minimum absolute atomic E-state index is 0.472. The van der Waals surface area contributed by atoms with Crippen molar-refractivity contribution in [1.29, 1.82) is 0 Å². The fourth-order valence-corrected chi connectivity index (χ4v) is 1.35. The Morgan fingerprint density at radius 2 is 1.93 bits per heavy atom. The second kappa shape index (κ2) is 5.59. The predicted molar refractivity (Wildman–Crippen MR) is 68.1 cm³/mol. The number of nitrogens with one attached hydrogen (secondary N) is 1. The smallest absolute Gasteiger partial charge is 0.0612 e. The van der Waals surface area contributed by atoms with E-state index < -0.39 is 0 Å². The molecule has 1 rings (SSSR count). The van der Waals surface area contributed by atoms with E-state index >= 15 is 0 Å². The van der Waals surface area contributed by atoms with Crippen LogP contribution in [0.1, 0.15) is 6.92 Å². The summed E-state index contributed by atoms with van der Waals surface area (Å²) < 4.78 is 0. The van der Waals surface area contributed by atoms with Crippen molar-refractivity contribution in [3.8, 4) is 0 Å². The van der Waals surface area contributed by atoms with Gasteiger partial charge in [0.2, 0.25) is 0 Å². The van der Waals surface area contributed by atoms with Gasteiger partial charge in [-0.25, -0.2) is 0 Å². The summed E-state index contributed by atoms with van der Waals surface area (Å²) in [5.74, 6) is 0. The van der Waals surface area contributed by atoms with E-state index in [1.807, 2.05) is 12.1 Å². The van der Waals surface area contributed by atoms with Crippen LogP contribution in [0, 0.1) is 0 Å². The summed E-state index contributed by atoms with van der Waals surface area (Å²) in [4.78, 5) is 2.16. The second-order valence-electron chi connectivity index (χ2n) is 3.82. The number of nitrogens with zero attached hydrogens (tertiary/aromatic N) is 1. The van der Waals surface area contributed by atoms with Gasteiger partial charge in [-0.05, 0) is 39.2 Å². The highest BCUT2D eigenvalue weighted by Gasteiger charge is 2.04. The van der Waals surface area contributed by atoms with Crippen LogP contribution in [0.4, 0.5) is 5.69 Å². The number of hydrogen-bond acceptors (Lipinski definition) is 2. The highest BCUT2D eigenvalue weighted by atomic mass is 35.5. The molecule has 4 heteroatoms. The molecule has 0 saturated carbocycles. The van der Waals surface area contributed by atoms with Gasteiger partial charge in [0, 0.05) is 18.3 Å².